The van der Waals surface area contributed by atoms with Gasteiger partial charge < -0.3 is 19.1 Å². The first-order valence-corrected chi connectivity index (χ1v) is 7.49. The molecule has 24 heavy (non-hydrogen) atoms. The van der Waals surface area contributed by atoms with Crippen molar-refractivity contribution >= 4 is 28.5 Å². The summed E-state index contributed by atoms with van der Waals surface area (Å²) >= 11 is 5.92. The highest BCUT2D eigenvalue weighted by Gasteiger charge is 2.18. The van der Waals surface area contributed by atoms with Crippen LogP contribution >= 0.6 is 11.6 Å². The van der Waals surface area contributed by atoms with Crippen molar-refractivity contribution in [1.29, 1.82) is 0 Å². The topological polar surface area (TPSA) is 79.6 Å². The summed E-state index contributed by atoms with van der Waals surface area (Å²) in [4.78, 5) is 23.4. The number of rotatable bonds is 4. The van der Waals surface area contributed by atoms with Crippen LogP contribution in [0, 0.1) is 6.92 Å². The lowest BCUT2D eigenvalue weighted by molar-refractivity contribution is -0.307. The van der Waals surface area contributed by atoms with Crippen LogP contribution < -0.4 is 15.3 Å². The maximum Gasteiger partial charge on any atom is 0.235 e. The van der Waals surface area contributed by atoms with Gasteiger partial charge in [0, 0.05) is 10.6 Å². The number of halogens is 1. The standard InChI is InChI=1S/C18H13ClO5/c1-10-2-4-11(5-3-10)17-18(23-9-15(20)21)16(22)13-8-12(19)6-7-14(13)24-17/h2-8H,9H2,1H3,(H,20,21)/p-1. The Hall–Kier alpha value is -2.79. The number of carbonyl (C=O) groups is 1. The van der Waals surface area contributed by atoms with Gasteiger partial charge in [-0.15, -0.1) is 0 Å². The van der Waals surface area contributed by atoms with Crippen LogP contribution in [0.2, 0.25) is 5.02 Å². The molecule has 0 N–H and O–H groups in total. The van der Waals surface area contributed by atoms with Crippen LogP contribution in [0.4, 0.5) is 0 Å². The zero-order valence-corrected chi connectivity index (χ0v) is 13.4. The van der Waals surface area contributed by atoms with Gasteiger partial charge in [-0.2, -0.15) is 0 Å². The van der Waals surface area contributed by atoms with Crippen molar-refractivity contribution in [1.82, 2.24) is 0 Å². The Labute approximate surface area is 142 Å². The lowest BCUT2D eigenvalue weighted by atomic mass is 10.1. The number of ether oxygens (including phenoxy) is 1. The maximum absolute atomic E-state index is 12.7. The molecule has 0 saturated carbocycles. The number of carbonyl (C=O) groups excluding carboxylic acids is 1. The second kappa shape index (κ2) is 6.37. The van der Waals surface area contributed by atoms with Crippen molar-refractivity contribution in [3.05, 3.63) is 63.3 Å². The molecule has 122 valence electrons. The fourth-order valence-electron chi connectivity index (χ4n) is 2.31. The quantitative estimate of drug-likeness (QED) is 0.727. The van der Waals surface area contributed by atoms with Crippen LogP contribution in [-0.2, 0) is 4.79 Å². The van der Waals surface area contributed by atoms with E-state index >= 15 is 0 Å². The van der Waals surface area contributed by atoms with E-state index in [4.69, 9.17) is 20.8 Å². The minimum Gasteiger partial charge on any atom is -0.546 e. The van der Waals surface area contributed by atoms with Gasteiger partial charge in [-0.3, -0.25) is 4.79 Å². The van der Waals surface area contributed by atoms with Gasteiger partial charge in [0.15, 0.2) is 5.76 Å². The van der Waals surface area contributed by atoms with Crippen molar-refractivity contribution in [2.75, 3.05) is 6.61 Å². The van der Waals surface area contributed by atoms with Gasteiger partial charge >= 0.3 is 0 Å². The lowest BCUT2D eigenvalue weighted by Crippen LogP contribution is -2.30. The molecule has 0 saturated heterocycles. The van der Waals surface area contributed by atoms with Crippen LogP contribution in [0.15, 0.2) is 51.7 Å². The molecule has 3 rings (SSSR count). The monoisotopic (exact) mass is 343 g/mol. The highest BCUT2D eigenvalue weighted by molar-refractivity contribution is 6.31. The molecule has 3 aromatic rings. The van der Waals surface area contributed by atoms with Crippen LogP contribution in [-0.4, -0.2) is 12.6 Å². The summed E-state index contributed by atoms with van der Waals surface area (Å²) in [6, 6.07) is 11.9. The summed E-state index contributed by atoms with van der Waals surface area (Å²) in [5.74, 6) is -1.45. The van der Waals surface area contributed by atoms with Gasteiger partial charge in [-0.25, -0.2) is 0 Å². The first-order chi connectivity index (χ1) is 11.5. The third-order valence-electron chi connectivity index (χ3n) is 3.46. The molecular weight excluding hydrogens is 332 g/mol. The van der Waals surface area contributed by atoms with Crippen molar-refractivity contribution in [3.63, 3.8) is 0 Å². The van der Waals surface area contributed by atoms with Gasteiger partial charge in [0.1, 0.15) is 12.2 Å². The molecule has 0 bridgehead atoms. The zero-order valence-electron chi connectivity index (χ0n) is 12.7. The van der Waals surface area contributed by atoms with Gasteiger partial charge in [0.2, 0.25) is 11.2 Å². The summed E-state index contributed by atoms with van der Waals surface area (Å²) in [6.45, 7) is 1.17. The van der Waals surface area contributed by atoms with E-state index in [-0.39, 0.29) is 16.9 Å². The summed E-state index contributed by atoms with van der Waals surface area (Å²) < 4.78 is 10.9. The highest BCUT2D eigenvalue weighted by Crippen LogP contribution is 2.31. The van der Waals surface area contributed by atoms with Gasteiger partial charge in [-0.05, 0) is 25.1 Å². The normalized spacial score (nSPS) is 10.8. The molecule has 0 spiro atoms. The Kier molecular flexibility index (Phi) is 4.27. The van der Waals surface area contributed by atoms with E-state index in [9.17, 15) is 14.7 Å². The average molecular weight is 344 g/mol. The molecule has 0 unspecified atom stereocenters. The SMILES string of the molecule is Cc1ccc(-c2oc3ccc(Cl)cc3c(=O)c2OCC(=O)[O-])cc1. The average Bonchev–Trinajstić information content (AvgIpc) is 2.55. The van der Waals surface area contributed by atoms with E-state index in [1.54, 1.807) is 24.3 Å². The molecular formula is C18H12ClO5-. The molecule has 0 aliphatic rings. The van der Waals surface area contributed by atoms with E-state index in [0.717, 1.165) is 5.56 Å². The molecule has 0 amide bonds. The Morgan fingerprint density at radius 2 is 1.92 bits per heavy atom. The number of fused-ring (bicyclic) bond motifs is 1. The molecule has 0 aliphatic carbocycles. The minimum absolute atomic E-state index is 0.163. The fourth-order valence-corrected chi connectivity index (χ4v) is 2.48. The maximum atomic E-state index is 12.7. The summed E-state index contributed by atoms with van der Waals surface area (Å²) in [5, 5.41) is 11.3. The Bertz CT molecular complexity index is 973. The van der Waals surface area contributed by atoms with Crippen LogP contribution in [0.3, 0.4) is 0 Å². The Morgan fingerprint density at radius 1 is 1.21 bits per heavy atom. The van der Waals surface area contributed by atoms with E-state index in [2.05, 4.69) is 0 Å². The second-order valence-electron chi connectivity index (χ2n) is 5.26. The van der Waals surface area contributed by atoms with Crippen molar-refractivity contribution in [2.45, 2.75) is 6.92 Å². The number of benzene rings is 2. The highest BCUT2D eigenvalue weighted by atomic mass is 35.5. The number of carboxylic acids is 1. The van der Waals surface area contributed by atoms with E-state index in [1.165, 1.54) is 6.07 Å². The molecule has 0 atom stereocenters. The molecule has 1 heterocycles. The molecule has 0 fully saturated rings. The van der Waals surface area contributed by atoms with Crippen LogP contribution in [0.1, 0.15) is 5.56 Å². The second-order valence-corrected chi connectivity index (χ2v) is 5.69. The number of carboxylic acid groups (broad SMARTS) is 1. The molecule has 6 heteroatoms. The lowest BCUT2D eigenvalue weighted by Gasteiger charge is -2.12. The zero-order chi connectivity index (χ0) is 17.3. The molecule has 0 aliphatic heterocycles. The molecule has 2 aromatic carbocycles. The van der Waals surface area contributed by atoms with Crippen molar-refractivity contribution < 1.29 is 19.1 Å². The predicted octanol–water partition coefficient (Wildman–Crippen LogP) is 2.55. The number of aryl methyl sites for hydroxylation is 1. The molecule has 5 nitrogen and oxygen atoms in total. The van der Waals surface area contributed by atoms with Crippen LogP contribution in [0.5, 0.6) is 5.75 Å². The third kappa shape index (κ3) is 3.12. The number of hydrogen-bond acceptors (Lipinski definition) is 5. The minimum atomic E-state index is -1.43. The molecule has 1 aromatic heterocycles. The van der Waals surface area contributed by atoms with Gasteiger partial charge in [0.25, 0.3) is 0 Å². The van der Waals surface area contributed by atoms with E-state index in [1.807, 2.05) is 19.1 Å². The third-order valence-corrected chi connectivity index (χ3v) is 3.69. The Balaban J connectivity index is 2.26. The largest absolute Gasteiger partial charge is 0.546 e. The summed E-state index contributed by atoms with van der Waals surface area (Å²) in [7, 11) is 0. The summed E-state index contributed by atoms with van der Waals surface area (Å²) in [5.41, 5.74) is 1.48. The molecule has 0 radical (unpaired) electrons. The fraction of sp³-hybridized carbons (Fsp3) is 0.111. The summed E-state index contributed by atoms with van der Waals surface area (Å²) in [6.07, 6.45) is 0. The smallest absolute Gasteiger partial charge is 0.235 e. The Morgan fingerprint density at radius 3 is 2.58 bits per heavy atom. The van der Waals surface area contributed by atoms with Gasteiger partial charge in [-0.1, -0.05) is 41.4 Å². The predicted molar refractivity (Wildman–Crippen MR) is 88.2 cm³/mol. The number of hydrogen-bond donors (Lipinski definition) is 0. The van der Waals surface area contributed by atoms with Crippen molar-refractivity contribution in [2.24, 2.45) is 0 Å². The van der Waals surface area contributed by atoms with Crippen molar-refractivity contribution in [3.8, 4) is 17.1 Å². The number of aliphatic carboxylic acids is 1. The van der Waals surface area contributed by atoms with E-state index < -0.39 is 18.0 Å². The first kappa shape index (κ1) is 16.1. The first-order valence-electron chi connectivity index (χ1n) is 7.12. The van der Waals surface area contributed by atoms with Gasteiger partial charge in [0.05, 0.1) is 11.4 Å². The van der Waals surface area contributed by atoms with Crippen LogP contribution in [0.25, 0.3) is 22.3 Å². The van der Waals surface area contributed by atoms with E-state index in [0.29, 0.717) is 16.2 Å².